The summed E-state index contributed by atoms with van der Waals surface area (Å²) in [4.78, 5) is 34.2. The van der Waals surface area contributed by atoms with Crippen LogP contribution in [0, 0.1) is 12.8 Å². The first-order valence-electron chi connectivity index (χ1n) is 8.69. The predicted octanol–water partition coefficient (Wildman–Crippen LogP) is 0.666. The van der Waals surface area contributed by atoms with E-state index in [0.717, 1.165) is 38.2 Å². The van der Waals surface area contributed by atoms with Gasteiger partial charge in [-0.3, -0.25) is 9.59 Å². The highest BCUT2D eigenvalue weighted by Crippen LogP contribution is 2.15. The SMILES string of the molecule is Cc1ccc2c(=O)c(C(=O)NCCN3CCC(CO)CC3)c[nH]c2n1. The number of aliphatic hydroxyl groups is 1. The summed E-state index contributed by atoms with van der Waals surface area (Å²) in [6.07, 6.45) is 3.40. The largest absolute Gasteiger partial charge is 0.396 e. The minimum Gasteiger partial charge on any atom is -0.396 e. The lowest BCUT2D eigenvalue weighted by atomic mass is 9.98. The third-order valence-corrected chi connectivity index (χ3v) is 4.80. The molecule has 0 aliphatic carbocycles. The molecule has 1 aliphatic heterocycles. The number of carbonyl (C=O) groups is 1. The smallest absolute Gasteiger partial charge is 0.256 e. The Morgan fingerprint density at radius 1 is 1.40 bits per heavy atom. The molecule has 0 atom stereocenters. The van der Waals surface area contributed by atoms with Gasteiger partial charge in [0, 0.05) is 31.6 Å². The molecule has 0 bridgehead atoms. The average Bonchev–Trinajstić information content (AvgIpc) is 2.62. The van der Waals surface area contributed by atoms with Crippen molar-refractivity contribution in [2.75, 3.05) is 32.8 Å². The van der Waals surface area contributed by atoms with E-state index in [1.54, 1.807) is 12.1 Å². The second kappa shape index (κ2) is 7.76. The Labute approximate surface area is 146 Å². The molecule has 7 nitrogen and oxygen atoms in total. The summed E-state index contributed by atoms with van der Waals surface area (Å²) >= 11 is 0. The fourth-order valence-corrected chi connectivity index (χ4v) is 3.19. The molecule has 134 valence electrons. The molecule has 2 aromatic rings. The first kappa shape index (κ1) is 17.6. The number of rotatable bonds is 5. The monoisotopic (exact) mass is 344 g/mol. The molecule has 3 heterocycles. The van der Waals surface area contributed by atoms with Crippen LogP contribution in [-0.4, -0.2) is 58.7 Å². The van der Waals surface area contributed by atoms with Crippen LogP contribution in [0.1, 0.15) is 28.9 Å². The van der Waals surface area contributed by atoms with Crippen LogP contribution in [0.5, 0.6) is 0 Å². The van der Waals surface area contributed by atoms with Crippen molar-refractivity contribution in [2.24, 2.45) is 5.92 Å². The van der Waals surface area contributed by atoms with E-state index >= 15 is 0 Å². The number of aromatic nitrogens is 2. The van der Waals surface area contributed by atoms with Gasteiger partial charge in [0.05, 0.1) is 5.39 Å². The van der Waals surface area contributed by atoms with Crippen LogP contribution in [-0.2, 0) is 0 Å². The van der Waals surface area contributed by atoms with Gasteiger partial charge in [0.1, 0.15) is 11.2 Å². The van der Waals surface area contributed by atoms with Crippen LogP contribution in [0.25, 0.3) is 11.0 Å². The van der Waals surface area contributed by atoms with Crippen molar-refractivity contribution in [3.8, 4) is 0 Å². The van der Waals surface area contributed by atoms with Gasteiger partial charge in [0.25, 0.3) is 5.91 Å². The molecule has 1 fully saturated rings. The van der Waals surface area contributed by atoms with Gasteiger partial charge in [-0.15, -0.1) is 0 Å². The normalized spacial score (nSPS) is 16.2. The molecule has 7 heteroatoms. The maximum absolute atomic E-state index is 12.5. The van der Waals surface area contributed by atoms with Gasteiger partial charge in [0.15, 0.2) is 0 Å². The summed E-state index contributed by atoms with van der Waals surface area (Å²) in [5, 5.41) is 12.4. The van der Waals surface area contributed by atoms with Crippen LogP contribution < -0.4 is 10.7 Å². The molecule has 0 saturated carbocycles. The summed E-state index contributed by atoms with van der Waals surface area (Å²) < 4.78 is 0. The van der Waals surface area contributed by atoms with Crippen molar-refractivity contribution in [3.63, 3.8) is 0 Å². The highest BCUT2D eigenvalue weighted by Gasteiger charge is 2.18. The molecule has 3 rings (SSSR count). The van der Waals surface area contributed by atoms with E-state index in [1.807, 2.05) is 6.92 Å². The number of aryl methyl sites for hydroxylation is 1. The van der Waals surface area contributed by atoms with E-state index in [1.165, 1.54) is 6.20 Å². The molecule has 0 radical (unpaired) electrons. The lowest BCUT2D eigenvalue weighted by Gasteiger charge is -2.30. The number of amides is 1. The number of carbonyl (C=O) groups excluding carboxylic acids is 1. The van der Waals surface area contributed by atoms with Crippen molar-refractivity contribution in [1.29, 1.82) is 0 Å². The maximum Gasteiger partial charge on any atom is 0.256 e. The zero-order chi connectivity index (χ0) is 17.8. The summed E-state index contributed by atoms with van der Waals surface area (Å²) in [6, 6.07) is 3.45. The highest BCUT2D eigenvalue weighted by atomic mass is 16.3. The van der Waals surface area contributed by atoms with Crippen LogP contribution in [0.15, 0.2) is 23.1 Å². The molecule has 0 unspecified atom stereocenters. The van der Waals surface area contributed by atoms with E-state index in [0.29, 0.717) is 23.5 Å². The summed E-state index contributed by atoms with van der Waals surface area (Å²) in [5.74, 6) is 0.0354. The van der Waals surface area contributed by atoms with Crippen molar-refractivity contribution < 1.29 is 9.90 Å². The topological polar surface area (TPSA) is 98.3 Å². The number of aliphatic hydroxyl groups excluding tert-OH is 1. The van der Waals surface area contributed by atoms with Crippen LogP contribution in [0.3, 0.4) is 0 Å². The van der Waals surface area contributed by atoms with Crippen molar-refractivity contribution in [2.45, 2.75) is 19.8 Å². The van der Waals surface area contributed by atoms with E-state index in [9.17, 15) is 9.59 Å². The first-order chi connectivity index (χ1) is 12.1. The van der Waals surface area contributed by atoms with E-state index < -0.39 is 0 Å². The summed E-state index contributed by atoms with van der Waals surface area (Å²) in [5.41, 5.74) is 1.11. The van der Waals surface area contributed by atoms with E-state index in [-0.39, 0.29) is 23.5 Å². The van der Waals surface area contributed by atoms with Crippen LogP contribution in [0.2, 0.25) is 0 Å². The summed E-state index contributed by atoms with van der Waals surface area (Å²) in [6.45, 7) is 5.21. The van der Waals surface area contributed by atoms with Gasteiger partial charge in [-0.25, -0.2) is 4.98 Å². The zero-order valence-corrected chi connectivity index (χ0v) is 14.4. The minimum atomic E-state index is -0.367. The number of fused-ring (bicyclic) bond motifs is 1. The quantitative estimate of drug-likeness (QED) is 0.740. The number of piperidine rings is 1. The Balaban J connectivity index is 1.58. The fraction of sp³-hybridized carbons (Fsp3) is 0.500. The standard InChI is InChI=1S/C18H24N4O3/c1-12-2-3-14-16(24)15(10-20-17(14)21-12)18(25)19-6-9-22-7-4-13(11-23)5-8-22/h2-3,10,13,23H,4-9,11H2,1H3,(H,19,25)(H,20,21,24). The molecule has 2 aromatic heterocycles. The second-order valence-electron chi connectivity index (χ2n) is 6.60. The predicted molar refractivity (Wildman–Crippen MR) is 95.7 cm³/mol. The summed E-state index contributed by atoms with van der Waals surface area (Å²) in [7, 11) is 0. The number of hydrogen-bond acceptors (Lipinski definition) is 5. The molecular weight excluding hydrogens is 320 g/mol. The number of aromatic amines is 1. The molecule has 1 aliphatic rings. The average molecular weight is 344 g/mol. The Bertz CT molecular complexity index is 810. The molecule has 0 spiro atoms. The lowest BCUT2D eigenvalue weighted by Crippen LogP contribution is -2.40. The molecule has 0 aromatic carbocycles. The van der Waals surface area contributed by atoms with E-state index in [4.69, 9.17) is 5.11 Å². The number of nitrogens with one attached hydrogen (secondary N) is 2. The number of pyridine rings is 2. The molecule has 3 N–H and O–H groups in total. The van der Waals surface area contributed by atoms with Gasteiger partial charge in [-0.05, 0) is 50.9 Å². The number of hydrogen-bond donors (Lipinski definition) is 3. The number of H-pyrrole nitrogens is 1. The second-order valence-corrected chi connectivity index (χ2v) is 6.60. The molecule has 1 amide bonds. The molecule has 1 saturated heterocycles. The van der Waals surface area contributed by atoms with Crippen LogP contribution >= 0.6 is 0 Å². The van der Waals surface area contributed by atoms with Gasteiger partial charge >= 0.3 is 0 Å². The van der Waals surface area contributed by atoms with Crippen molar-refractivity contribution >= 4 is 16.9 Å². The Kier molecular flexibility index (Phi) is 5.45. The molecule has 25 heavy (non-hydrogen) atoms. The maximum atomic E-state index is 12.5. The minimum absolute atomic E-state index is 0.108. The highest BCUT2D eigenvalue weighted by molar-refractivity contribution is 5.96. The zero-order valence-electron chi connectivity index (χ0n) is 14.4. The number of nitrogens with zero attached hydrogens (tertiary/aromatic N) is 2. The van der Waals surface area contributed by atoms with Gasteiger partial charge < -0.3 is 20.3 Å². The first-order valence-corrected chi connectivity index (χ1v) is 8.69. The lowest BCUT2D eigenvalue weighted by molar-refractivity contribution is 0.0937. The van der Waals surface area contributed by atoms with Crippen LogP contribution in [0.4, 0.5) is 0 Å². The Hall–Kier alpha value is -2.25. The third kappa shape index (κ3) is 4.05. The van der Waals surface area contributed by atoms with Gasteiger partial charge in [-0.2, -0.15) is 0 Å². The van der Waals surface area contributed by atoms with Crippen molar-refractivity contribution in [1.82, 2.24) is 20.2 Å². The van der Waals surface area contributed by atoms with E-state index in [2.05, 4.69) is 20.2 Å². The number of likely N-dealkylation sites (tertiary alicyclic amines) is 1. The fourth-order valence-electron chi connectivity index (χ4n) is 3.19. The van der Waals surface area contributed by atoms with Crippen molar-refractivity contribution in [3.05, 3.63) is 39.8 Å². The Morgan fingerprint density at radius 3 is 2.88 bits per heavy atom. The van der Waals surface area contributed by atoms with Gasteiger partial charge in [0.2, 0.25) is 5.43 Å². The molecular formula is C18H24N4O3. The van der Waals surface area contributed by atoms with Gasteiger partial charge in [-0.1, -0.05) is 0 Å². The third-order valence-electron chi connectivity index (χ3n) is 4.80. The Morgan fingerprint density at radius 2 is 2.16 bits per heavy atom.